The fourth-order valence-corrected chi connectivity index (χ4v) is 2.43. The first-order chi connectivity index (χ1) is 11.2. The van der Waals surface area contributed by atoms with Crippen LogP contribution >= 0.6 is 0 Å². The van der Waals surface area contributed by atoms with E-state index >= 15 is 0 Å². The van der Waals surface area contributed by atoms with Gasteiger partial charge in [0.2, 0.25) is 0 Å². The molecule has 1 N–H and O–H groups in total. The minimum Gasteiger partial charge on any atom is -0.493 e. The molecule has 0 bridgehead atoms. The predicted molar refractivity (Wildman–Crippen MR) is 94.1 cm³/mol. The highest BCUT2D eigenvalue weighted by Crippen LogP contribution is 2.38. The average molecular weight is 332 g/mol. The average Bonchev–Trinajstić information content (AvgIpc) is 2.74. The van der Waals surface area contributed by atoms with E-state index in [4.69, 9.17) is 14.0 Å². The molecule has 24 heavy (non-hydrogen) atoms. The summed E-state index contributed by atoms with van der Waals surface area (Å²) in [6.07, 6.45) is 2.54. The monoisotopic (exact) mass is 332 g/mol. The Morgan fingerprint density at radius 1 is 1.25 bits per heavy atom. The van der Waals surface area contributed by atoms with Gasteiger partial charge in [0.25, 0.3) is 0 Å². The SMILES string of the molecule is CCOc1ccc(C=C(CO)B2OC(C)(C)C(C)(C)O2)cc1C=O. The molecular weight excluding hydrogens is 307 g/mol. The molecule has 1 aromatic carbocycles. The molecule has 5 nitrogen and oxygen atoms in total. The van der Waals surface area contributed by atoms with Crippen LogP contribution in [0.1, 0.15) is 50.5 Å². The zero-order chi connectivity index (χ0) is 18.0. The molecule has 0 unspecified atom stereocenters. The second-order valence-electron chi connectivity index (χ2n) is 6.81. The van der Waals surface area contributed by atoms with Crippen molar-refractivity contribution in [1.29, 1.82) is 0 Å². The van der Waals surface area contributed by atoms with Crippen LogP contribution in [0.15, 0.2) is 23.7 Å². The number of carbonyl (C=O) groups is 1. The smallest absolute Gasteiger partial charge is 0.492 e. The number of benzene rings is 1. The maximum absolute atomic E-state index is 11.2. The number of carbonyl (C=O) groups excluding carboxylic acids is 1. The first-order valence-electron chi connectivity index (χ1n) is 8.13. The summed E-state index contributed by atoms with van der Waals surface area (Å²) in [5, 5.41) is 9.73. The fourth-order valence-electron chi connectivity index (χ4n) is 2.43. The number of aldehydes is 1. The van der Waals surface area contributed by atoms with E-state index < -0.39 is 18.3 Å². The lowest BCUT2D eigenvalue weighted by atomic mass is 9.77. The largest absolute Gasteiger partial charge is 0.493 e. The minimum atomic E-state index is -0.619. The highest BCUT2D eigenvalue weighted by atomic mass is 16.7. The van der Waals surface area contributed by atoms with Gasteiger partial charge in [-0.3, -0.25) is 4.79 Å². The van der Waals surface area contributed by atoms with Gasteiger partial charge in [-0.25, -0.2) is 0 Å². The van der Waals surface area contributed by atoms with E-state index in [0.29, 0.717) is 23.4 Å². The summed E-state index contributed by atoms with van der Waals surface area (Å²) in [6, 6.07) is 5.30. The van der Waals surface area contributed by atoms with E-state index in [1.165, 1.54) is 0 Å². The lowest BCUT2D eigenvalue weighted by Crippen LogP contribution is -2.41. The van der Waals surface area contributed by atoms with Crippen molar-refractivity contribution in [2.45, 2.75) is 45.8 Å². The van der Waals surface area contributed by atoms with Crippen LogP contribution in [0.4, 0.5) is 0 Å². The standard InChI is InChI=1S/C18H25BO5/c1-6-22-16-8-7-13(9-14(16)11-20)10-15(12-21)19-23-17(2,3)18(4,5)24-19/h7-11,21H,6,12H2,1-5H3. The molecule has 1 saturated heterocycles. The molecule has 130 valence electrons. The molecule has 1 heterocycles. The van der Waals surface area contributed by atoms with Gasteiger partial charge in [-0.05, 0) is 57.8 Å². The molecule has 0 aromatic heterocycles. The molecule has 0 saturated carbocycles. The van der Waals surface area contributed by atoms with E-state index in [-0.39, 0.29) is 6.61 Å². The Balaban J connectivity index is 2.30. The Kier molecular flexibility index (Phi) is 5.53. The van der Waals surface area contributed by atoms with E-state index in [0.717, 1.165) is 11.8 Å². The van der Waals surface area contributed by atoms with E-state index in [9.17, 15) is 9.90 Å². The number of aliphatic hydroxyl groups excluding tert-OH is 1. The summed E-state index contributed by atoms with van der Waals surface area (Å²) in [6.45, 7) is 10.0. The summed E-state index contributed by atoms with van der Waals surface area (Å²) >= 11 is 0. The summed E-state index contributed by atoms with van der Waals surface area (Å²) < 4.78 is 17.3. The third kappa shape index (κ3) is 3.71. The Hall–Kier alpha value is -1.63. The molecule has 1 aromatic rings. The molecule has 0 aliphatic carbocycles. The molecule has 0 amide bonds. The summed E-state index contributed by atoms with van der Waals surface area (Å²) in [4.78, 5) is 11.2. The second kappa shape index (κ2) is 7.09. The highest BCUT2D eigenvalue weighted by molar-refractivity contribution is 6.55. The second-order valence-corrected chi connectivity index (χ2v) is 6.81. The highest BCUT2D eigenvalue weighted by Gasteiger charge is 2.52. The van der Waals surface area contributed by atoms with Gasteiger partial charge < -0.3 is 19.2 Å². The molecule has 6 heteroatoms. The Morgan fingerprint density at radius 2 is 1.88 bits per heavy atom. The van der Waals surface area contributed by atoms with Crippen LogP contribution in [0, 0.1) is 0 Å². The zero-order valence-electron chi connectivity index (χ0n) is 15.0. The van der Waals surface area contributed by atoms with Gasteiger partial charge in [0.05, 0.1) is 30.0 Å². The first-order valence-corrected chi connectivity index (χ1v) is 8.13. The van der Waals surface area contributed by atoms with Crippen molar-refractivity contribution < 1.29 is 23.9 Å². The van der Waals surface area contributed by atoms with Crippen LogP contribution in [-0.2, 0) is 9.31 Å². The van der Waals surface area contributed by atoms with Crippen LogP contribution in [0.3, 0.4) is 0 Å². The van der Waals surface area contributed by atoms with Crippen molar-refractivity contribution in [1.82, 2.24) is 0 Å². The van der Waals surface area contributed by atoms with Crippen LogP contribution in [-0.4, -0.2) is 42.9 Å². The Bertz CT molecular complexity index is 620. The molecule has 1 aliphatic rings. The molecule has 2 rings (SSSR count). The van der Waals surface area contributed by atoms with Gasteiger partial charge in [0.15, 0.2) is 6.29 Å². The van der Waals surface area contributed by atoms with E-state index in [1.807, 2.05) is 40.7 Å². The van der Waals surface area contributed by atoms with Crippen LogP contribution in [0.5, 0.6) is 5.75 Å². The zero-order valence-corrected chi connectivity index (χ0v) is 15.0. The number of ether oxygens (including phenoxy) is 1. The third-order valence-corrected chi connectivity index (χ3v) is 4.55. The Morgan fingerprint density at radius 3 is 2.38 bits per heavy atom. The number of rotatable bonds is 6. The Labute approximate surface area is 143 Å². The quantitative estimate of drug-likeness (QED) is 0.641. The number of hydrogen-bond acceptors (Lipinski definition) is 5. The van der Waals surface area contributed by atoms with Crippen molar-refractivity contribution in [2.24, 2.45) is 0 Å². The molecule has 0 radical (unpaired) electrons. The topological polar surface area (TPSA) is 65.0 Å². The normalized spacial score (nSPS) is 19.4. The fraction of sp³-hybridized carbons (Fsp3) is 0.500. The van der Waals surface area contributed by atoms with Gasteiger partial charge in [0, 0.05) is 0 Å². The molecule has 1 aliphatic heterocycles. The van der Waals surface area contributed by atoms with Crippen LogP contribution < -0.4 is 4.74 Å². The number of hydrogen-bond donors (Lipinski definition) is 1. The van der Waals surface area contributed by atoms with Gasteiger partial charge in [-0.1, -0.05) is 12.1 Å². The van der Waals surface area contributed by atoms with Gasteiger partial charge >= 0.3 is 7.12 Å². The summed E-state index contributed by atoms with van der Waals surface area (Å²) in [5.74, 6) is 0.547. The molecular formula is C18H25BO5. The van der Waals surface area contributed by atoms with E-state index in [2.05, 4.69) is 0 Å². The van der Waals surface area contributed by atoms with Crippen molar-refractivity contribution in [3.63, 3.8) is 0 Å². The van der Waals surface area contributed by atoms with Crippen LogP contribution in [0.2, 0.25) is 0 Å². The molecule has 0 atom stereocenters. The van der Waals surface area contributed by atoms with Crippen molar-refractivity contribution in [2.75, 3.05) is 13.2 Å². The van der Waals surface area contributed by atoms with Crippen molar-refractivity contribution >= 4 is 19.5 Å². The summed E-state index contributed by atoms with van der Waals surface area (Å²) in [5.41, 5.74) is 0.906. The maximum Gasteiger partial charge on any atom is 0.492 e. The maximum atomic E-state index is 11.2. The molecule has 1 fully saturated rings. The first kappa shape index (κ1) is 18.7. The number of aliphatic hydroxyl groups is 1. The van der Waals surface area contributed by atoms with E-state index in [1.54, 1.807) is 18.2 Å². The lowest BCUT2D eigenvalue weighted by Gasteiger charge is -2.32. The van der Waals surface area contributed by atoms with Gasteiger partial charge in [-0.2, -0.15) is 0 Å². The van der Waals surface area contributed by atoms with Crippen LogP contribution in [0.25, 0.3) is 6.08 Å². The van der Waals surface area contributed by atoms with Crippen molar-refractivity contribution in [3.05, 3.63) is 34.8 Å². The van der Waals surface area contributed by atoms with Gasteiger partial charge in [-0.15, -0.1) is 0 Å². The third-order valence-electron chi connectivity index (χ3n) is 4.55. The lowest BCUT2D eigenvalue weighted by molar-refractivity contribution is 0.00578. The predicted octanol–water partition coefficient (Wildman–Crippen LogP) is 2.90. The molecule has 0 spiro atoms. The van der Waals surface area contributed by atoms with Crippen molar-refractivity contribution in [3.8, 4) is 5.75 Å². The minimum absolute atomic E-state index is 0.194. The van der Waals surface area contributed by atoms with Gasteiger partial charge in [0.1, 0.15) is 5.75 Å². The summed E-state index contributed by atoms with van der Waals surface area (Å²) in [7, 11) is -0.619.